The Balaban J connectivity index is 1.84. The summed E-state index contributed by atoms with van der Waals surface area (Å²) in [6.07, 6.45) is 6.38. The van der Waals surface area contributed by atoms with Crippen LogP contribution in [-0.4, -0.2) is 47.1 Å². The minimum absolute atomic E-state index is 0.0590. The summed E-state index contributed by atoms with van der Waals surface area (Å²) in [6.45, 7) is 3.06. The molecule has 2 rings (SSSR count). The van der Waals surface area contributed by atoms with Gasteiger partial charge in [-0.3, -0.25) is 19.5 Å². The molecule has 1 unspecified atom stereocenters. The molecule has 2 aliphatic heterocycles. The molecule has 0 aliphatic carbocycles. The highest BCUT2D eigenvalue weighted by Crippen LogP contribution is 2.11. The first kappa shape index (κ1) is 10.9. The van der Waals surface area contributed by atoms with Crippen LogP contribution in [0.1, 0.15) is 19.8 Å². The monoisotopic (exact) mass is 221 g/mol. The highest BCUT2D eigenvalue weighted by Gasteiger charge is 2.28. The molecule has 16 heavy (non-hydrogen) atoms. The largest absolute Gasteiger partial charge is 0.338 e. The molecule has 0 aromatic rings. The van der Waals surface area contributed by atoms with Gasteiger partial charge in [-0.05, 0) is 13.0 Å². The number of rotatable bonds is 3. The normalized spacial score (nSPS) is 24.7. The second kappa shape index (κ2) is 4.47. The molecule has 0 saturated carbocycles. The highest BCUT2D eigenvalue weighted by molar-refractivity contribution is 6.01. The topological polar surface area (TPSA) is 53.0 Å². The molecule has 2 aliphatic rings. The Kier molecular flexibility index (Phi) is 3.03. The maximum Gasteiger partial charge on any atom is 0.229 e. The van der Waals surface area contributed by atoms with Gasteiger partial charge in [-0.15, -0.1) is 0 Å². The summed E-state index contributed by atoms with van der Waals surface area (Å²) in [5.41, 5.74) is 0. The number of amides is 2. The van der Waals surface area contributed by atoms with Crippen LogP contribution in [0.15, 0.2) is 17.3 Å². The van der Waals surface area contributed by atoms with E-state index >= 15 is 0 Å². The molecule has 0 bridgehead atoms. The molecule has 5 heteroatoms. The number of hydrogen-bond acceptors (Lipinski definition) is 4. The summed E-state index contributed by atoms with van der Waals surface area (Å²) < 4.78 is 0. The third-order valence-corrected chi connectivity index (χ3v) is 2.74. The zero-order chi connectivity index (χ0) is 11.5. The Morgan fingerprint density at radius 1 is 1.31 bits per heavy atom. The van der Waals surface area contributed by atoms with Gasteiger partial charge in [0.1, 0.15) is 0 Å². The van der Waals surface area contributed by atoms with Gasteiger partial charge in [-0.25, -0.2) is 0 Å². The average molecular weight is 221 g/mol. The Bertz CT molecular complexity index is 332. The van der Waals surface area contributed by atoms with E-state index in [0.717, 1.165) is 0 Å². The van der Waals surface area contributed by atoms with Crippen molar-refractivity contribution in [1.29, 1.82) is 0 Å². The third kappa shape index (κ3) is 2.29. The van der Waals surface area contributed by atoms with Gasteiger partial charge in [0.15, 0.2) is 0 Å². The van der Waals surface area contributed by atoms with Crippen LogP contribution in [0.25, 0.3) is 0 Å². The Morgan fingerprint density at radius 2 is 2.00 bits per heavy atom. The van der Waals surface area contributed by atoms with E-state index in [1.807, 2.05) is 24.1 Å². The van der Waals surface area contributed by atoms with Gasteiger partial charge in [0.2, 0.25) is 11.8 Å². The van der Waals surface area contributed by atoms with Crippen molar-refractivity contribution in [3.63, 3.8) is 0 Å². The lowest BCUT2D eigenvalue weighted by atomic mass is 10.3. The van der Waals surface area contributed by atoms with Gasteiger partial charge < -0.3 is 4.90 Å². The fourth-order valence-corrected chi connectivity index (χ4v) is 1.73. The number of nitrogens with zero attached hydrogens (tertiary/aromatic N) is 3. The summed E-state index contributed by atoms with van der Waals surface area (Å²) >= 11 is 0. The SMILES string of the molecule is CC1C=CN(CCN2C(=O)CCC2=O)C=N1. The fraction of sp³-hybridized carbons (Fsp3) is 0.545. The predicted molar refractivity (Wildman–Crippen MR) is 59.8 cm³/mol. The zero-order valence-corrected chi connectivity index (χ0v) is 9.30. The molecule has 0 spiro atoms. The van der Waals surface area contributed by atoms with Gasteiger partial charge in [0, 0.05) is 32.1 Å². The van der Waals surface area contributed by atoms with E-state index in [-0.39, 0.29) is 17.9 Å². The van der Waals surface area contributed by atoms with Crippen LogP contribution in [0.3, 0.4) is 0 Å². The van der Waals surface area contributed by atoms with Crippen molar-refractivity contribution in [2.45, 2.75) is 25.8 Å². The van der Waals surface area contributed by atoms with E-state index in [0.29, 0.717) is 25.9 Å². The number of imide groups is 1. The molecule has 1 saturated heterocycles. The molecule has 0 aromatic carbocycles. The molecule has 0 radical (unpaired) electrons. The number of likely N-dealkylation sites (tertiary alicyclic amines) is 1. The summed E-state index contributed by atoms with van der Waals surface area (Å²) in [6, 6.07) is 0.214. The lowest BCUT2D eigenvalue weighted by Crippen LogP contribution is -2.36. The van der Waals surface area contributed by atoms with Crippen LogP contribution < -0.4 is 0 Å². The first-order valence-electron chi connectivity index (χ1n) is 5.47. The second-order valence-corrected chi connectivity index (χ2v) is 4.02. The van der Waals surface area contributed by atoms with E-state index in [1.54, 1.807) is 6.34 Å². The molecule has 5 nitrogen and oxygen atoms in total. The van der Waals surface area contributed by atoms with Crippen molar-refractivity contribution >= 4 is 18.2 Å². The summed E-state index contributed by atoms with van der Waals surface area (Å²) in [5, 5.41) is 0. The van der Waals surface area contributed by atoms with Crippen molar-refractivity contribution in [3.8, 4) is 0 Å². The molecule has 86 valence electrons. The average Bonchev–Trinajstić information content (AvgIpc) is 2.59. The number of carbonyl (C=O) groups excluding carboxylic acids is 2. The molecule has 0 N–H and O–H groups in total. The molecule has 2 heterocycles. The zero-order valence-electron chi connectivity index (χ0n) is 9.30. The quantitative estimate of drug-likeness (QED) is 0.647. The summed E-state index contributed by atoms with van der Waals surface area (Å²) in [7, 11) is 0. The lowest BCUT2D eigenvalue weighted by Gasteiger charge is -2.22. The molecule has 2 amide bonds. The smallest absolute Gasteiger partial charge is 0.229 e. The van der Waals surface area contributed by atoms with Gasteiger partial charge in [-0.1, -0.05) is 0 Å². The fourth-order valence-electron chi connectivity index (χ4n) is 1.73. The van der Waals surface area contributed by atoms with E-state index in [2.05, 4.69) is 4.99 Å². The van der Waals surface area contributed by atoms with Crippen LogP contribution in [0.2, 0.25) is 0 Å². The predicted octanol–water partition coefficient (Wildman–Crippen LogP) is 0.381. The Morgan fingerprint density at radius 3 is 2.56 bits per heavy atom. The van der Waals surface area contributed by atoms with Crippen LogP contribution in [0.5, 0.6) is 0 Å². The van der Waals surface area contributed by atoms with Gasteiger partial charge in [-0.2, -0.15) is 0 Å². The van der Waals surface area contributed by atoms with Crippen molar-refractivity contribution in [2.24, 2.45) is 4.99 Å². The third-order valence-electron chi connectivity index (χ3n) is 2.74. The van der Waals surface area contributed by atoms with Gasteiger partial charge >= 0.3 is 0 Å². The molecular formula is C11H15N3O2. The van der Waals surface area contributed by atoms with Crippen LogP contribution in [-0.2, 0) is 9.59 Å². The van der Waals surface area contributed by atoms with Crippen LogP contribution in [0.4, 0.5) is 0 Å². The molecular weight excluding hydrogens is 206 g/mol. The van der Waals surface area contributed by atoms with E-state index in [4.69, 9.17) is 0 Å². The van der Waals surface area contributed by atoms with Crippen molar-refractivity contribution in [3.05, 3.63) is 12.3 Å². The Hall–Kier alpha value is -1.65. The van der Waals surface area contributed by atoms with Crippen molar-refractivity contribution in [1.82, 2.24) is 9.80 Å². The molecule has 0 aromatic heterocycles. The first-order chi connectivity index (χ1) is 7.66. The van der Waals surface area contributed by atoms with E-state index in [9.17, 15) is 9.59 Å². The lowest BCUT2D eigenvalue weighted by molar-refractivity contribution is -0.138. The Labute approximate surface area is 94.4 Å². The second-order valence-electron chi connectivity index (χ2n) is 4.02. The van der Waals surface area contributed by atoms with Gasteiger partial charge in [0.05, 0.1) is 12.4 Å². The molecule has 1 fully saturated rings. The maximum atomic E-state index is 11.3. The van der Waals surface area contributed by atoms with Crippen molar-refractivity contribution < 1.29 is 9.59 Å². The number of carbonyl (C=O) groups is 2. The first-order valence-corrected chi connectivity index (χ1v) is 5.47. The van der Waals surface area contributed by atoms with Crippen molar-refractivity contribution in [2.75, 3.05) is 13.1 Å². The van der Waals surface area contributed by atoms with Crippen LogP contribution in [0, 0.1) is 0 Å². The summed E-state index contributed by atoms with van der Waals surface area (Å²) in [4.78, 5) is 30.1. The van der Waals surface area contributed by atoms with E-state index in [1.165, 1.54) is 4.90 Å². The van der Waals surface area contributed by atoms with E-state index < -0.39 is 0 Å². The summed E-state index contributed by atoms with van der Waals surface area (Å²) in [5.74, 6) is -0.118. The molecule has 1 atom stereocenters. The highest BCUT2D eigenvalue weighted by atomic mass is 16.2. The standard InChI is InChI=1S/C11H15N3O2/c1-9-4-5-13(8-12-9)6-7-14-10(15)2-3-11(14)16/h4-5,8-9H,2-3,6-7H2,1H3. The van der Waals surface area contributed by atoms with Crippen LogP contribution >= 0.6 is 0 Å². The minimum Gasteiger partial charge on any atom is -0.338 e. The number of hydrogen-bond donors (Lipinski definition) is 0. The van der Waals surface area contributed by atoms with Gasteiger partial charge in [0.25, 0.3) is 0 Å². The minimum atomic E-state index is -0.0590. The maximum absolute atomic E-state index is 11.3. The number of aliphatic imine (C=N–C) groups is 1.